The van der Waals surface area contributed by atoms with E-state index in [1.54, 1.807) is 13.0 Å². The molecule has 7 heteroatoms. The molecule has 1 atom stereocenters. The predicted molar refractivity (Wildman–Crippen MR) is 84.0 cm³/mol. The summed E-state index contributed by atoms with van der Waals surface area (Å²) in [6, 6.07) is 3.23. The van der Waals surface area contributed by atoms with Gasteiger partial charge in [-0.05, 0) is 59.1 Å². The van der Waals surface area contributed by atoms with Crippen LogP contribution in [0.1, 0.15) is 18.4 Å². The van der Waals surface area contributed by atoms with Crippen molar-refractivity contribution in [2.75, 3.05) is 18.0 Å². The van der Waals surface area contributed by atoms with E-state index in [1.165, 1.54) is 12.5 Å². The Morgan fingerprint density at radius 2 is 2.26 bits per heavy atom. The highest BCUT2D eigenvalue weighted by Gasteiger charge is 2.22. The van der Waals surface area contributed by atoms with Crippen LogP contribution in [0.5, 0.6) is 0 Å². The van der Waals surface area contributed by atoms with E-state index in [9.17, 15) is 8.42 Å². The highest BCUT2D eigenvalue weighted by atomic mass is 79.9. The summed E-state index contributed by atoms with van der Waals surface area (Å²) in [5.74, 6) is 1.12. The largest absolute Gasteiger partial charge is 0.398 e. The van der Waals surface area contributed by atoms with Gasteiger partial charge in [0.25, 0.3) is 0 Å². The standard InChI is InChI=1S/C12H17BrN2O2S2/c1-8-5-10(13)11(14)6-12(8)19(16,17)15-7-9-3-2-4-18-9/h5-6,9,15H,2-4,7,14H2,1H3. The Balaban J connectivity index is 2.16. The smallest absolute Gasteiger partial charge is 0.240 e. The maximum absolute atomic E-state index is 12.3. The lowest BCUT2D eigenvalue weighted by Gasteiger charge is -2.13. The third-order valence-electron chi connectivity index (χ3n) is 3.11. The van der Waals surface area contributed by atoms with Gasteiger partial charge in [-0.15, -0.1) is 0 Å². The fourth-order valence-electron chi connectivity index (χ4n) is 2.04. The van der Waals surface area contributed by atoms with Crippen LogP contribution in [-0.2, 0) is 10.0 Å². The topological polar surface area (TPSA) is 72.2 Å². The summed E-state index contributed by atoms with van der Waals surface area (Å²) >= 11 is 5.13. The number of halogens is 1. The molecule has 1 aliphatic rings. The Labute approximate surface area is 126 Å². The van der Waals surface area contributed by atoms with Crippen molar-refractivity contribution in [1.82, 2.24) is 4.72 Å². The van der Waals surface area contributed by atoms with Gasteiger partial charge in [-0.1, -0.05) is 0 Å². The summed E-state index contributed by atoms with van der Waals surface area (Å²) in [4.78, 5) is 0.260. The first kappa shape index (κ1) is 15.2. The zero-order valence-corrected chi connectivity index (χ0v) is 13.9. The van der Waals surface area contributed by atoms with E-state index in [4.69, 9.17) is 5.73 Å². The Morgan fingerprint density at radius 3 is 2.89 bits per heavy atom. The molecule has 1 fully saturated rings. The van der Waals surface area contributed by atoms with Gasteiger partial charge >= 0.3 is 0 Å². The van der Waals surface area contributed by atoms with Crippen LogP contribution < -0.4 is 10.5 Å². The predicted octanol–water partition coefficient (Wildman–Crippen LogP) is 2.51. The van der Waals surface area contributed by atoms with E-state index >= 15 is 0 Å². The van der Waals surface area contributed by atoms with Crippen molar-refractivity contribution in [1.29, 1.82) is 0 Å². The molecule has 1 heterocycles. The lowest BCUT2D eigenvalue weighted by molar-refractivity contribution is 0.578. The quantitative estimate of drug-likeness (QED) is 0.805. The number of nitrogens with two attached hydrogens (primary N) is 1. The monoisotopic (exact) mass is 364 g/mol. The van der Waals surface area contributed by atoms with Crippen LogP contribution in [0.2, 0.25) is 0 Å². The van der Waals surface area contributed by atoms with Crippen molar-refractivity contribution in [3.63, 3.8) is 0 Å². The van der Waals surface area contributed by atoms with Crippen molar-refractivity contribution < 1.29 is 8.42 Å². The number of rotatable bonds is 4. The van der Waals surface area contributed by atoms with Crippen LogP contribution in [0, 0.1) is 6.92 Å². The molecule has 1 aromatic carbocycles. The third-order valence-corrected chi connectivity index (χ3v) is 6.76. The van der Waals surface area contributed by atoms with Gasteiger partial charge in [0.15, 0.2) is 0 Å². The van der Waals surface area contributed by atoms with Crippen LogP contribution >= 0.6 is 27.7 Å². The Hall–Kier alpha value is -0.240. The Bertz CT molecular complexity index is 569. The second-order valence-corrected chi connectivity index (χ2v) is 8.62. The van der Waals surface area contributed by atoms with Crippen molar-refractivity contribution in [3.05, 3.63) is 22.2 Å². The Kier molecular flexibility index (Phi) is 4.81. The minimum Gasteiger partial charge on any atom is -0.398 e. The minimum atomic E-state index is -3.48. The number of nitrogens with one attached hydrogen (secondary N) is 1. The van der Waals surface area contributed by atoms with E-state index in [0.29, 0.717) is 23.0 Å². The van der Waals surface area contributed by atoms with Crippen molar-refractivity contribution >= 4 is 43.4 Å². The fourth-order valence-corrected chi connectivity index (χ4v) is 5.15. The fraction of sp³-hybridized carbons (Fsp3) is 0.500. The van der Waals surface area contributed by atoms with Gasteiger partial charge in [0, 0.05) is 22.0 Å². The van der Waals surface area contributed by atoms with Gasteiger partial charge in [0.05, 0.1) is 4.90 Å². The number of aryl methyl sites for hydroxylation is 1. The number of sulfonamides is 1. The van der Waals surface area contributed by atoms with E-state index in [2.05, 4.69) is 20.7 Å². The average molecular weight is 365 g/mol. The maximum Gasteiger partial charge on any atom is 0.240 e. The number of nitrogen functional groups attached to an aromatic ring is 1. The second-order valence-electron chi connectivity index (χ2n) is 4.63. The third kappa shape index (κ3) is 3.65. The first-order chi connectivity index (χ1) is 8.90. The number of benzene rings is 1. The summed E-state index contributed by atoms with van der Waals surface area (Å²) in [5, 5.41) is 0.392. The molecule has 0 radical (unpaired) electrons. The molecule has 1 unspecified atom stereocenters. The summed E-state index contributed by atoms with van der Waals surface area (Å²) in [6.07, 6.45) is 2.25. The van der Waals surface area contributed by atoms with Gasteiger partial charge in [-0.25, -0.2) is 13.1 Å². The summed E-state index contributed by atoms with van der Waals surface area (Å²) in [7, 11) is -3.48. The molecule has 0 bridgehead atoms. The number of anilines is 1. The van der Waals surface area contributed by atoms with Crippen LogP contribution in [0.4, 0.5) is 5.69 Å². The molecular weight excluding hydrogens is 348 g/mol. The first-order valence-corrected chi connectivity index (χ1v) is 9.39. The molecule has 1 aromatic rings. The van der Waals surface area contributed by atoms with Crippen LogP contribution in [0.15, 0.2) is 21.5 Å². The summed E-state index contributed by atoms with van der Waals surface area (Å²) in [5.41, 5.74) is 6.88. The molecule has 2 rings (SSSR count). The first-order valence-electron chi connectivity index (χ1n) is 6.07. The maximum atomic E-state index is 12.3. The second kappa shape index (κ2) is 6.03. The molecule has 0 saturated carbocycles. The molecule has 19 heavy (non-hydrogen) atoms. The van der Waals surface area contributed by atoms with Gasteiger partial charge in [0.2, 0.25) is 10.0 Å². The van der Waals surface area contributed by atoms with Crippen LogP contribution in [0.3, 0.4) is 0 Å². The minimum absolute atomic E-state index is 0.260. The molecule has 0 spiro atoms. The normalized spacial score (nSPS) is 19.8. The highest BCUT2D eigenvalue weighted by molar-refractivity contribution is 9.10. The number of hydrogen-bond donors (Lipinski definition) is 2. The van der Waals surface area contributed by atoms with Crippen LogP contribution in [-0.4, -0.2) is 26.0 Å². The van der Waals surface area contributed by atoms with Crippen LogP contribution in [0.25, 0.3) is 0 Å². The lowest BCUT2D eigenvalue weighted by atomic mass is 10.2. The number of thioether (sulfide) groups is 1. The average Bonchev–Trinajstić information content (AvgIpc) is 2.84. The van der Waals surface area contributed by atoms with Gasteiger partial charge in [-0.2, -0.15) is 11.8 Å². The van der Waals surface area contributed by atoms with E-state index in [1.807, 2.05) is 11.8 Å². The van der Waals surface area contributed by atoms with E-state index in [-0.39, 0.29) is 4.90 Å². The molecule has 0 amide bonds. The van der Waals surface area contributed by atoms with Crippen molar-refractivity contribution in [3.8, 4) is 0 Å². The molecule has 3 N–H and O–H groups in total. The van der Waals surface area contributed by atoms with E-state index in [0.717, 1.165) is 16.6 Å². The lowest BCUT2D eigenvalue weighted by Crippen LogP contribution is -2.30. The summed E-state index contributed by atoms with van der Waals surface area (Å²) < 4.78 is 28.0. The van der Waals surface area contributed by atoms with Gasteiger partial charge in [-0.3, -0.25) is 0 Å². The van der Waals surface area contributed by atoms with Gasteiger partial charge < -0.3 is 5.73 Å². The van der Waals surface area contributed by atoms with E-state index < -0.39 is 10.0 Å². The molecule has 1 saturated heterocycles. The molecular formula is C12H17BrN2O2S2. The van der Waals surface area contributed by atoms with Crippen molar-refractivity contribution in [2.45, 2.75) is 29.9 Å². The summed E-state index contributed by atoms with van der Waals surface area (Å²) in [6.45, 7) is 2.26. The molecule has 0 aliphatic carbocycles. The zero-order valence-electron chi connectivity index (χ0n) is 10.6. The molecule has 0 aromatic heterocycles. The molecule has 1 aliphatic heterocycles. The molecule has 106 valence electrons. The van der Waals surface area contributed by atoms with Gasteiger partial charge in [0.1, 0.15) is 0 Å². The zero-order chi connectivity index (χ0) is 14.0. The SMILES string of the molecule is Cc1cc(Br)c(N)cc1S(=O)(=O)NCC1CCCS1. The van der Waals surface area contributed by atoms with Crippen molar-refractivity contribution in [2.24, 2.45) is 0 Å². The Morgan fingerprint density at radius 1 is 1.53 bits per heavy atom. The molecule has 4 nitrogen and oxygen atoms in total. The number of hydrogen-bond acceptors (Lipinski definition) is 4. The highest BCUT2D eigenvalue weighted by Crippen LogP contribution is 2.28.